The highest BCUT2D eigenvalue weighted by atomic mass is 35.5. The lowest BCUT2D eigenvalue weighted by Gasteiger charge is -2.09. The molecule has 2 N–H and O–H groups in total. The van der Waals surface area contributed by atoms with Gasteiger partial charge in [-0.05, 0) is 48.5 Å². The number of carbonyl (C=O) groups is 1. The van der Waals surface area contributed by atoms with Crippen LogP contribution in [-0.2, 0) is 0 Å². The summed E-state index contributed by atoms with van der Waals surface area (Å²) in [5.41, 5.74) is 1.33. The first kappa shape index (κ1) is 20.5. The summed E-state index contributed by atoms with van der Waals surface area (Å²) in [6.07, 6.45) is 0. The number of H-pyrrole nitrogens is 1. The van der Waals surface area contributed by atoms with Gasteiger partial charge in [0.15, 0.2) is 0 Å². The molecule has 0 radical (unpaired) electrons. The zero-order valence-electron chi connectivity index (χ0n) is 14.3. The molecule has 0 saturated carbocycles. The van der Waals surface area contributed by atoms with Crippen LogP contribution < -0.4 is 14.8 Å². The van der Waals surface area contributed by atoms with Crippen LogP contribution >= 0.6 is 11.6 Å². The van der Waals surface area contributed by atoms with E-state index in [-0.39, 0.29) is 27.9 Å². The van der Waals surface area contributed by atoms with Gasteiger partial charge in [0, 0.05) is 11.3 Å². The normalized spacial score (nSPS) is 11.0. The van der Waals surface area contributed by atoms with Crippen molar-refractivity contribution >= 4 is 23.2 Å². The Kier molecular flexibility index (Phi) is 6.23. The van der Waals surface area contributed by atoms with Crippen LogP contribution in [0, 0.1) is 0 Å². The monoisotopic (exact) mass is 429 g/mol. The first-order valence-corrected chi connectivity index (χ1v) is 8.36. The van der Waals surface area contributed by atoms with Crippen LogP contribution in [0.1, 0.15) is 10.5 Å². The van der Waals surface area contributed by atoms with Gasteiger partial charge >= 0.3 is 13.2 Å². The number of hydrogen-bond acceptors (Lipinski definition) is 4. The standard InChI is InChI=1S/C18H12ClF4N3O3/c19-12-7-10(3-6-15(12)29-18(22)23)24-16(27)14-8-13(25-26-14)9-1-4-11(5-2-9)28-17(20)21/h1-8,17-18H,(H,24,27)(H,25,26). The van der Waals surface area contributed by atoms with Gasteiger partial charge in [-0.15, -0.1) is 0 Å². The first-order chi connectivity index (χ1) is 13.8. The number of carbonyl (C=O) groups excluding carboxylic acids is 1. The zero-order valence-corrected chi connectivity index (χ0v) is 15.1. The average molecular weight is 430 g/mol. The molecule has 2 aromatic carbocycles. The van der Waals surface area contributed by atoms with Gasteiger partial charge < -0.3 is 14.8 Å². The van der Waals surface area contributed by atoms with Crippen LogP contribution in [0.4, 0.5) is 23.2 Å². The predicted molar refractivity (Wildman–Crippen MR) is 96.7 cm³/mol. The summed E-state index contributed by atoms with van der Waals surface area (Å²) in [4.78, 5) is 12.3. The topological polar surface area (TPSA) is 76.2 Å². The van der Waals surface area contributed by atoms with Crippen molar-refractivity contribution < 1.29 is 31.8 Å². The molecule has 0 atom stereocenters. The van der Waals surface area contributed by atoms with Crippen molar-refractivity contribution in [2.45, 2.75) is 13.2 Å². The molecule has 1 aromatic heterocycles. The largest absolute Gasteiger partial charge is 0.435 e. The van der Waals surface area contributed by atoms with Crippen LogP contribution in [0.25, 0.3) is 11.3 Å². The van der Waals surface area contributed by atoms with Gasteiger partial charge in [0.1, 0.15) is 17.2 Å². The van der Waals surface area contributed by atoms with E-state index in [1.165, 1.54) is 48.5 Å². The molecule has 11 heteroatoms. The Bertz CT molecular complexity index is 996. The molecule has 1 heterocycles. The van der Waals surface area contributed by atoms with E-state index in [1.807, 2.05) is 0 Å². The minimum atomic E-state index is -3.02. The van der Waals surface area contributed by atoms with Gasteiger partial charge in [0.2, 0.25) is 0 Å². The number of nitrogens with one attached hydrogen (secondary N) is 2. The molecule has 0 bridgehead atoms. The Hall–Kier alpha value is -3.27. The van der Waals surface area contributed by atoms with E-state index in [2.05, 4.69) is 25.0 Å². The number of ether oxygens (including phenoxy) is 2. The van der Waals surface area contributed by atoms with Crippen molar-refractivity contribution in [2.75, 3.05) is 5.32 Å². The number of nitrogens with zero attached hydrogens (tertiary/aromatic N) is 1. The first-order valence-electron chi connectivity index (χ1n) is 7.98. The van der Waals surface area contributed by atoms with E-state index in [4.69, 9.17) is 11.6 Å². The van der Waals surface area contributed by atoms with Crippen LogP contribution in [0.2, 0.25) is 5.02 Å². The molecule has 6 nitrogen and oxygen atoms in total. The molecule has 0 unspecified atom stereocenters. The molecule has 3 aromatic rings. The van der Waals surface area contributed by atoms with Gasteiger partial charge in [-0.25, -0.2) is 0 Å². The van der Waals surface area contributed by atoms with Crippen LogP contribution in [0.5, 0.6) is 11.5 Å². The third-order valence-electron chi connectivity index (χ3n) is 3.60. The van der Waals surface area contributed by atoms with Crippen molar-refractivity contribution in [2.24, 2.45) is 0 Å². The van der Waals surface area contributed by atoms with Gasteiger partial charge in [0.25, 0.3) is 5.91 Å². The fourth-order valence-corrected chi connectivity index (χ4v) is 2.59. The fraction of sp³-hybridized carbons (Fsp3) is 0.111. The zero-order chi connectivity index (χ0) is 21.0. The molecule has 0 saturated heterocycles. The molecule has 152 valence electrons. The summed E-state index contributed by atoms with van der Waals surface area (Å²) in [6.45, 7) is -5.95. The summed E-state index contributed by atoms with van der Waals surface area (Å²) in [7, 11) is 0. The number of amides is 1. The molecular formula is C18H12ClF4N3O3. The van der Waals surface area contributed by atoms with E-state index >= 15 is 0 Å². The average Bonchev–Trinajstić information content (AvgIpc) is 3.14. The Morgan fingerprint density at radius 1 is 1.00 bits per heavy atom. The molecule has 1 amide bonds. The van der Waals surface area contributed by atoms with E-state index in [1.54, 1.807) is 0 Å². The number of alkyl halides is 4. The Morgan fingerprint density at radius 2 is 1.69 bits per heavy atom. The lowest BCUT2D eigenvalue weighted by Crippen LogP contribution is -2.12. The number of benzene rings is 2. The second-order valence-corrected chi connectivity index (χ2v) is 5.95. The summed E-state index contributed by atoms with van der Waals surface area (Å²) >= 11 is 5.84. The summed E-state index contributed by atoms with van der Waals surface area (Å²) < 4.78 is 57.4. The summed E-state index contributed by atoms with van der Waals surface area (Å²) in [5, 5.41) is 8.99. The second-order valence-electron chi connectivity index (χ2n) is 5.55. The molecule has 0 spiro atoms. The number of rotatable bonds is 7. The van der Waals surface area contributed by atoms with Crippen LogP contribution in [0.15, 0.2) is 48.5 Å². The second kappa shape index (κ2) is 8.82. The summed E-state index contributed by atoms with van der Waals surface area (Å²) in [5.74, 6) is -0.781. The summed E-state index contributed by atoms with van der Waals surface area (Å²) in [6, 6.07) is 11.0. The van der Waals surface area contributed by atoms with Crippen molar-refractivity contribution in [3.05, 3.63) is 59.2 Å². The third-order valence-corrected chi connectivity index (χ3v) is 3.90. The molecule has 0 aliphatic carbocycles. The van der Waals surface area contributed by atoms with Gasteiger partial charge in [-0.3, -0.25) is 9.89 Å². The smallest absolute Gasteiger partial charge is 0.387 e. The molecule has 29 heavy (non-hydrogen) atoms. The van der Waals surface area contributed by atoms with Crippen molar-refractivity contribution in [1.29, 1.82) is 0 Å². The number of aromatic amines is 1. The highest BCUT2D eigenvalue weighted by molar-refractivity contribution is 6.32. The van der Waals surface area contributed by atoms with Crippen LogP contribution in [0.3, 0.4) is 0 Å². The van der Waals surface area contributed by atoms with Crippen molar-refractivity contribution in [3.8, 4) is 22.8 Å². The van der Waals surface area contributed by atoms with E-state index in [0.717, 1.165) is 0 Å². The quantitative estimate of drug-likeness (QED) is 0.507. The van der Waals surface area contributed by atoms with Gasteiger partial charge in [0.05, 0.1) is 10.7 Å². The highest BCUT2D eigenvalue weighted by Gasteiger charge is 2.14. The maximum absolute atomic E-state index is 12.3. The SMILES string of the molecule is O=C(Nc1ccc(OC(F)F)c(Cl)c1)c1cc(-c2ccc(OC(F)F)cc2)n[nH]1. The van der Waals surface area contributed by atoms with Crippen molar-refractivity contribution in [3.63, 3.8) is 0 Å². The minimum absolute atomic E-state index is 0.00611. The molecule has 0 fully saturated rings. The fourth-order valence-electron chi connectivity index (χ4n) is 2.36. The molecule has 0 aliphatic rings. The lowest BCUT2D eigenvalue weighted by atomic mass is 10.1. The lowest BCUT2D eigenvalue weighted by molar-refractivity contribution is -0.0504. The third kappa shape index (κ3) is 5.38. The molecule has 3 rings (SSSR count). The van der Waals surface area contributed by atoms with Crippen molar-refractivity contribution in [1.82, 2.24) is 10.2 Å². The van der Waals surface area contributed by atoms with Crippen LogP contribution in [-0.4, -0.2) is 29.3 Å². The Morgan fingerprint density at radius 3 is 2.31 bits per heavy atom. The highest BCUT2D eigenvalue weighted by Crippen LogP contribution is 2.29. The number of halogens is 5. The number of aromatic nitrogens is 2. The van der Waals surface area contributed by atoms with E-state index in [9.17, 15) is 22.4 Å². The maximum Gasteiger partial charge on any atom is 0.387 e. The molecule has 0 aliphatic heterocycles. The minimum Gasteiger partial charge on any atom is -0.435 e. The number of anilines is 1. The Labute approximate surface area is 166 Å². The van der Waals surface area contributed by atoms with Gasteiger partial charge in [-0.2, -0.15) is 22.7 Å². The maximum atomic E-state index is 12.3. The molecular weight excluding hydrogens is 418 g/mol. The van der Waals surface area contributed by atoms with Gasteiger partial charge in [-0.1, -0.05) is 11.6 Å². The van der Waals surface area contributed by atoms with E-state index < -0.39 is 19.1 Å². The number of hydrogen-bond donors (Lipinski definition) is 2. The van der Waals surface area contributed by atoms with E-state index in [0.29, 0.717) is 11.3 Å². The Balaban J connectivity index is 1.68. The predicted octanol–water partition coefficient (Wildman–Crippen LogP) is 5.19.